The standard InChI is InChI=1S/C13H14N4S2/c14-12(18)11-13(16-6-5-15-11)17(9-3-4-9)8-10-2-1-7-19-10/h1-2,5-7,9H,3-4,8H2,(H2,14,18). The summed E-state index contributed by atoms with van der Waals surface area (Å²) >= 11 is 6.83. The van der Waals surface area contributed by atoms with Crippen molar-refractivity contribution in [2.45, 2.75) is 25.4 Å². The van der Waals surface area contributed by atoms with E-state index >= 15 is 0 Å². The van der Waals surface area contributed by atoms with E-state index in [1.165, 1.54) is 17.7 Å². The van der Waals surface area contributed by atoms with Gasteiger partial charge >= 0.3 is 0 Å². The van der Waals surface area contributed by atoms with Crippen molar-refractivity contribution in [1.82, 2.24) is 9.97 Å². The lowest BCUT2D eigenvalue weighted by atomic mass is 10.3. The molecule has 3 rings (SSSR count). The third kappa shape index (κ3) is 2.74. The van der Waals surface area contributed by atoms with E-state index in [1.54, 1.807) is 23.7 Å². The van der Waals surface area contributed by atoms with Gasteiger partial charge in [0.25, 0.3) is 0 Å². The Morgan fingerprint density at radius 1 is 1.42 bits per heavy atom. The van der Waals surface area contributed by atoms with Crippen LogP contribution in [0.4, 0.5) is 5.82 Å². The number of anilines is 1. The molecule has 2 heterocycles. The Morgan fingerprint density at radius 2 is 2.21 bits per heavy atom. The van der Waals surface area contributed by atoms with Crippen molar-refractivity contribution < 1.29 is 0 Å². The summed E-state index contributed by atoms with van der Waals surface area (Å²) < 4.78 is 0. The number of hydrogen-bond donors (Lipinski definition) is 1. The molecule has 4 nitrogen and oxygen atoms in total. The summed E-state index contributed by atoms with van der Waals surface area (Å²) in [5.41, 5.74) is 6.38. The molecule has 1 fully saturated rings. The van der Waals surface area contributed by atoms with Crippen molar-refractivity contribution in [2.24, 2.45) is 5.73 Å². The van der Waals surface area contributed by atoms with Crippen LogP contribution >= 0.6 is 23.6 Å². The Morgan fingerprint density at radius 3 is 2.84 bits per heavy atom. The van der Waals surface area contributed by atoms with Crippen molar-refractivity contribution in [1.29, 1.82) is 0 Å². The molecule has 1 aliphatic carbocycles. The number of hydrogen-bond acceptors (Lipinski definition) is 5. The second-order valence-electron chi connectivity index (χ2n) is 4.53. The molecule has 2 aromatic rings. The van der Waals surface area contributed by atoms with Crippen LogP contribution in [0.3, 0.4) is 0 Å². The summed E-state index contributed by atoms with van der Waals surface area (Å²) in [5.74, 6) is 0.811. The molecule has 0 unspecified atom stereocenters. The van der Waals surface area contributed by atoms with Gasteiger partial charge in [-0.05, 0) is 24.3 Å². The van der Waals surface area contributed by atoms with Gasteiger partial charge in [-0.15, -0.1) is 11.3 Å². The van der Waals surface area contributed by atoms with Crippen LogP contribution in [0.1, 0.15) is 23.4 Å². The maximum absolute atomic E-state index is 5.75. The predicted molar refractivity (Wildman–Crippen MR) is 81.4 cm³/mol. The lowest BCUT2D eigenvalue weighted by Crippen LogP contribution is -2.29. The van der Waals surface area contributed by atoms with Gasteiger partial charge in [-0.1, -0.05) is 18.3 Å². The quantitative estimate of drug-likeness (QED) is 0.857. The molecule has 6 heteroatoms. The Balaban J connectivity index is 1.94. The van der Waals surface area contributed by atoms with Gasteiger partial charge in [0, 0.05) is 23.3 Å². The Kier molecular flexibility index (Phi) is 3.44. The van der Waals surface area contributed by atoms with Gasteiger partial charge in [-0.25, -0.2) is 9.97 Å². The van der Waals surface area contributed by atoms with Crippen LogP contribution < -0.4 is 10.6 Å². The maximum atomic E-state index is 5.75. The molecule has 19 heavy (non-hydrogen) atoms. The summed E-state index contributed by atoms with van der Waals surface area (Å²) in [6, 6.07) is 4.74. The summed E-state index contributed by atoms with van der Waals surface area (Å²) in [6.45, 7) is 0.844. The van der Waals surface area contributed by atoms with Gasteiger partial charge in [0.2, 0.25) is 0 Å². The fourth-order valence-electron chi connectivity index (χ4n) is 2.05. The van der Waals surface area contributed by atoms with Gasteiger partial charge in [0.15, 0.2) is 5.82 Å². The van der Waals surface area contributed by atoms with E-state index in [9.17, 15) is 0 Å². The second kappa shape index (κ2) is 5.22. The summed E-state index contributed by atoms with van der Waals surface area (Å²) in [6.07, 6.45) is 5.71. The second-order valence-corrected chi connectivity index (χ2v) is 6.00. The molecule has 0 aromatic carbocycles. The maximum Gasteiger partial charge on any atom is 0.158 e. The number of nitrogens with zero attached hydrogens (tertiary/aromatic N) is 3. The normalized spacial score (nSPS) is 14.3. The van der Waals surface area contributed by atoms with Crippen molar-refractivity contribution in [3.05, 3.63) is 40.5 Å². The van der Waals surface area contributed by atoms with Crippen LogP contribution in [-0.4, -0.2) is 21.0 Å². The van der Waals surface area contributed by atoms with E-state index in [0.29, 0.717) is 16.7 Å². The molecule has 0 spiro atoms. The van der Waals surface area contributed by atoms with E-state index in [1.807, 2.05) is 0 Å². The number of aromatic nitrogens is 2. The molecule has 0 atom stereocenters. The first-order valence-corrected chi connectivity index (χ1v) is 7.44. The van der Waals surface area contributed by atoms with E-state index in [2.05, 4.69) is 32.4 Å². The van der Waals surface area contributed by atoms with Gasteiger partial charge < -0.3 is 10.6 Å². The topological polar surface area (TPSA) is 55.0 Å². The van der Waals surface area contributed by atoms with Crippen molar-refractivity contribution in [3.8, 4) is 0 Å². The van der Waals surface area contributed by atoms with E-state index in [-0.39, 0.29) is 0 Å². The molecular weight excluding hydrogens is 276 g/mol. The molecule has 0 amide bonds. The monoisotopic (exact) mass is 290 g/mol. The third-order valence-corrected chi connectivity index (χ3v) is 4.13. The van der Waals surface area contributed by atoms with Crippen LogP contribution in [0.2, 0.25) is 0 Å². The minimum atomic E-state index is 0.305. The smallest absolute Gasteiger partial charge is 0.158 e. The van der Waals surface area contributed by atoms with Gasteiger partial charge in [-0.3, -0.25) is 0 Å². The Hall–Kier alpha value is -1.53. The number of thiophene rings is 1. The predicted octanol–water partition coefficient (Wildman–Crippen LogP) is 2.34. The third-order valence-electron chi connectivity index (χ3n) is 3.08. The average molecular weight is 290 g/mol. The minimum Gasteiger partial charge on any atom is -0.388 e. The molecule has 0 aliphatic heterocycles. The van der Waals surface area contributed by atoms with Crippen LogP contribution in [-0.2, 0) is 6.54 Å². The van der Waals surface area contributed by atoms with E-state index in [4.69, 9.17) is 18.0 Å². The molecule has 0 radical (unpaired) electrons. The van der Waals surface area contributed by atoms with Crippen molar-refractivity contribution in [3.63, 3.8) is 0 Å². The molecule has 1 aliphatic rings. The molecule has 2 aromatic heterocycles. The van der Waals surface area contributed by atoms with E-state index in [0.717, 1.165) is 12.4 Å². The van der Waals surface area contributed by atoms with Crippen LogP contribution in [0, 0.1) is 0 Å². The van der Waals surface area contributed by atoms with E-state index < -0.39 is 0 Å². The minimum absolute atomic E-state index is 0.305. The number of nitrogens with two attached hydrogens (primary N) is 1. The summed E-state index contributed by atoms with van der Waals surface area (Å²) in [4.78, 5) is 12.6. The average Bonchev–Trinajstić information content (AvgIpc) is 3.13. The Bertz CT molecular complexity index is 578. The largest absolute Gasteiger partial charge is 0.388 e. The van der Waals surface area contributed by atoms with Crippen LogP contribution in [0.15, 0.2) is 29.9 Å². The zero-order chi connectivity index (χ0) is 13.2. The fourth-order valence-corrected chi connectivity index (χ4v) is 2.89. The van der Waals surface area contributed by atoms with Gasteiger partial charge in [0.05, 0.1) is 6.54 Å². The van der Waals surface area contributed by atoms with Crippen LogP contribution in [0.5, 0.6) is 0 Å². The first kappa shape index (κ1) is 12.5. The summed E-state index contributed by atoms with van der Waals surface area (Å²) in [7, 11) is 0. The van der Waals surface area contributed by atoms with Gasteiger partial charge in [0.1, 0.15) is 10.7 Å². The molecule has 0 saturated heterocycles. The molecule has 98 valence electrons. The zero-order valence-corrected chi connectivity index (χ0v) is 12.0. The summed E-state index contributed by atoms with van der Waals surface area (Å²) in [5, 5.41) is 2.09. The highest BCUT2D eigenvalue weighted by Gasteiger charge is 2.32. The highest BCUT2D eigenvalue weighted by molar-refractivity contribution is 7.80. The molecule has 2 N–H and O–H groups in total. The first-order valence-electron chi connectivity index (χ1n) is 6.15. The Labute approximate surface area is 121 Å². The first-order chi connectivity index (χ1) is 9.25. The zero-order valence-electron chi connectivity index (χ0n) is 10.3. The highest BCUT2D eigenvalue weighted by atomic mass is 32.1. The lowest BCUT2D eigenvalue weighted by Gasteiger charge is -2.24. The lowest BCUT2D eigenvalue weighted by molar-refractivity contribution is 0.780. The number of rotatable bonds is 5. The highest BCUT2D eigenvalue weighted by Crippen LogP contribution is 2.33. The SMILES string of the molecule is NC(=S)c1nccnc1N(Cc1cccs1)C1CC1. The van der Waals surface area contributed by atoms with Crippen LogP contribution in [0.25, 0.3) is 0 Å². The number of thiocarbonyl (C=S) groups is 1. The van der Waals surface area contributed by atoms with Crippen molar-refractivity contribution in [2.75, 3.05) is 4.90 Å². The van der Waals surface area contributed by atoms with Gasteiger partial charge in [-0.2, -0.15) is 0 Å². The molecular formula is C13H14N4S2. The van der Waals surface area contributed by atoms with Crippen molar-refractivity contribution >= 4 is 34.4 Å². The molecule has 0 bridgehead atoms. The fraction of sp³-hybridized carbons (Fsp3) is 0.308. The molecule has 1 saturated carbocycles.